The molecule has 1 N–H and O–H groups in total. The first kappa shape index (κ1) is 17.5. The van der Waals surface area contributed by atoms with Gasteiger partial charge in [-0.3, -0.25) is 0 Å². The van der Waals surface area contributed by atoms with E-state index in [0.717, 1.165) is 0 Å². The molecule has 0 aliphatic heterocycles. The molecule has 30 heavy (non-hydrogen) atoms. The molecule has 5 aromatic rings. The minimum Gasteiger partial charge on any atom is -0.354 e. The molecule has 6 rings (SSSR count). The summed E-state index contributed by atoms with van der Waals surface area (Å²) < 4.78 is 0. The van der Waals surface area contributed by atoms with Crippen LogP contribution in [0.3, 0.4) is 0 Å². The molecule has 1 aliphatic rings. The average Bonchev–Trinajstić information content (AvgIpc) is 3.22. The van der Waals surface area contributed by atoms with Crippen molar-refractivity contribution in [3.05, 3.63) is 95.1 Å². The van der Waals surface area contributed by atoms with E-state index in [-0.39, 0.29) is 5.41 Å². The van der Waals surface area contributed by atoms with Crippen molar-refractivity contribution in [3.63, 3.8) is 0 Å². The fourth-order valence-corrected chi connectivity index (χ4v) is 5.43. The molecular weight excluding hydrogens is 362 g/mol. The second-order valence-electron chi connectivity index (χ2n) is 9.26. The highest BCUT2D eigenvalue weighted by molar-refractivity contribution is 6.20. The number of rotatable bonds is 1. The molecule has 0 fully saturated rings. The number of H-pyrrole nitrogens is 1. The number of fused-ring (bicyclic) bond motifs is 7. The Balaban J connectivity index is 1.85. The molecule has 0 amide bonds. The lowest BCUT2D eigenvalue weighted by Gasteiger charge is -2.23. The summed E-state index contributed by atoms with van der Waals surface area (Å²) in [5, 5.41) is 2.67. The van der Waals surface area contributed by atoms with Gasteiger partial charge in [0, 0.05) is 27.3 Å². The van der Waals surface area contributed by atoms with Crippen molar-refractivity contribution < 1.29 is 0 Å². The van der Waals surface area contributed by atoms with Gasteiger partial charge in [0.25, 0.3) is 0 Å². The smallest absolute Gasteiger partial charge is 0.0551 e. The van der Waals surface area contributed by atoms with E-state index < -0.39 is 0 Å². The van der Waals surface area contributed by atoms with E-state index in [1.54, 1.807) is 0 Å². The number of hydrogen-bond acceptors (Lipinski definition) is 0. The predicted molar refractivity (Wildman–Crippen MR) is 128 cm³/mol. The predicted octanol–water partition coefficient (Wildman–Crippen LogP) is 7.91. The number of para-hydroxylation sites is 1. The number of aryl methyl sites for hydroxylation is 2. The average molecular weight is 388 g/mol. The summed E-state index contributed by atoms with van der Waals surface area (Å²) in [7, 11) is 0. The Kier molecular flexibility index (Phi) is 3.42. The van der Waals surface area contributed by atoms with Crippen LogP contribution in [0.4, 0.5) is 0 Å². The summed E-state index contributed by atoms with van der Waals surface area (Å²) in [4.78, 5) is 3.77. The normalized spacial score (nSPS) is 14.3. The molecule has 4 aromatic carbocycles. The van der Waals surface area contributed by atoms with Gasteiger partial charge in [-0.05, 0) is 59.4 Å². The Morgan fingerprint density at radius 2 is 1.47 bits per heavy atom. The van der Waals surface area contributed by atoms with Crippen molar-refractivity contribution >= 4 is 21.8 Å². The SMILES string of the molecule is Cc1ccc2c(c1)C(C)(C)c1cc(-c3ccccc3C)c3[nH]c4ccccc4c3c1-2. The van der Waals surface area contributed by atoms with Crippen LogP contribution in [-0.2, 0) is 5.41 Å². The van der Waals surface area contributed by atoms with Crippen molar-refractivity contribution in [2.45, 2.75) is 33.1 Å². The Hall–Kier alpha value is -3.32. The number of nitrogens with one attached hydrogen (secondary N) is 1. The molecule has 1 aliphatic carbocycles. The lowest BCUT2D eigenvalue weighted by Crippen LogP contribution is -2.15. The topological polar surface area (TPSA) is 15.8 Å². The Morgan fingerprint density at radius 3 is 2.30 bits per heavy atom. The third-order valence-corrected chi connectivity index (χ3v) is 7.01. The van der Waals surface area contributed by atoms with Crippen molar-refractivity contribution in [3.8, 4) is 22.3 Å². The fourth-order valence-electron chi connectivity index (χ4n) is 5.43. The molecule has 0 saturated heterocycles. The fraction of sp³-hybridized carbons (Fsp3) is 0.172. The number of aromatic nitrogens is 1. The highest BCUT2D eigenvalue weighted by atomic mass is 14.7. The Bertz CT molecular complexity index is 1480. The van der Waals surface area contributed by atoms with E-state index in [1.165, 1.54) is 66.3 Å². The van der Waals surface area contributed by atoms with Crippen molar-refractivity contribution in [2.24, 2.45) is 0 Å². The third kappa shape index (κ3) is 2.18. The van der Waals surface area contributed by atoms with E-state index in [2.05, 4.69) is 105 Å². The zero-order valence-electron chi connectivity index (χ0n) is 17.9. The molecule has 0 bridgehead atoms. The minimum absolute atomic E-state index is 0.0271. The van der Waals surface area contributed by atoms with E-state index in [1.807, 2.05) is 0 Å². The van der Waals surface area contributed by atoms with Crippen molar-refractivity contribution in [1.82, 2.24) is 4.98 Å². The molecule has 1 heteroatoms. The van der Waals surface area contributed by atoms with Gasteiger partial charge in [-0.1, -0.05) is 80.1 Å². The van der Waals surface area contributed by atoms with Crippen LogP contribution >= 0.6 is 0 Å². The van der Waals surface area contributed by atoms with E-state index >= 15 is 0 Å². The summed E-state index contributed by atoms with van der Waals surface area (Å²) in [6, 6.07) is 26.9. The number of aromatic amines is 1. The van der Waals surface area contributed by atoms with Crippen molar-refractivity contribution in [2.75, 3.05) is 0 Å². The zero-order chi connectivity index (χ0) is 20.6. The second kappa shape index (κ2) is 5.86. The molecule has 1 heterocycles. The molecule has 0 atom stereocenters. The van der Waals surface area contributed by atoms with E-state index in [4.69, 9.17) is 0 Å². The van der Waals surface area contributed by atoms with Crippen LogP contribution in [0, 0.1) is 13.8 Å². The molecule has 1 aromatic heterocycles. The summed E-state index contributed by atoms with van der Waals surface area (Å²) in [5.41, 5.74) is 13.3. The summed E-state index contributed by atoms with van der Waals surface area (Å²) in [6.07, 6.45) is 0. The molecule has 0 saturated carbocycles. The second-order valence-corrected chi connectivity index (χ2v) is 9.26. The Morgan fingerprint density at radius 1 is 0.700 bits per heavy atom. The van der Waals surface area contributed by atoms with Gasteiger partial charge in [-0.15, -0.1) is 0 Å². The van der Waals surface area contributed by atoms with Crippen LogP contribution in [-0.4, -0.2) is 4.98 Å². The molecule has 1 nitrogen and oxygen atoms in total. The summed E-state index contributed by atoms with van der Waals surface area (Å²) in [5.74, 6) is 0. The van der Waals surface area contributed by atoms with Gasteiger partial charge in [0.1, 0.15) is 0 Å². The number of benzene rings is 4. The van der Waals surface area contributed by atoms with Crippen molar-refractivity contribution in [1.29, 1.82) is 0 Å². The maximum Gasteiger partial charge on any atom is 0.0551 e. The Labute approximate surface area is 177 Å². The maximum absolute atomic E-state index is 3.77. The van der Waals surface area contributed by atoms with Gasteiger partial charge in [-0.25, -0.2) is 0 Å². The van der Waals surface area contributed by atoms with Gasteiger partial charge in [0.05, 0.1) is 5.52 Å². The molecule has 0 radical (unpaired) electrons. The first-order chi connectivity index (χ1) is 14.5. The van der Waals surface area contributed by atoms with Crippen LogP contribution < -0.4 is 0 Å². The van der Waals surface area contributed by atoms with E-state index in [0.29, 0.717) is 0 Å². The molecule has 0 spiro atoms. The van der Waals surface area contributed by atoms with Crippen LogP contribution in [0.1, 0.15) is 36.1 Å². The maximum atomic E-state index is 3.77. The largest absolute Gasteiger partial charge is 0.354 e. The molecule has 146 valence electrons. The summed E-state index contributed by atoms with van der Waals surface area (Å²) in [6.45, 7) is 9.15. The van der Waals surface area contributed by atoms with E-state index in [9.17, 15) is 0 Å². The van der Waals surface area contributed by atoms with Gasteiger partial charge in [0.15, 0.2) is 0 Å². The highest BCUT2D eigenvalue weighted by Gasteiger charge is 2.38. The van der Waals surface area contributed by atoms with Gasteiger partial charge in [-0.2, -0.15) is 0 Å². The quantitative estimate of drug-likeness (QED) is 0.301. The lowest BCUT2D eigenvalue weighted by atomic mass is 9.80. The van der Waals surface area contributed by atoms with Crippen LogP contribution in [0.25, 0.3) is 44.1 Å². The third-order valence-electron chi connectivity index (χ3n) is 7.01. The van der Waals surface area contributed by atoms with Crippen LogP contribution in [0.2, 0.25) is 0 Å². The number of hydrogen-bond donors (Lipinski definition) is 1. The monoisotopic (exact) mass is 387 g/mol. The minimum atomic E-state index is -0.0271. The zero-order valence-corrected chi connectivity index (χ0v) is 17.9. The lowest BCUT2D eigenvalue weighted by molar-refractivity contribution is 0.660. The van der Waals surface area contributed by atoms with Gasteiger partial charge in [0.2, 0.25) is 0 Å². The summed E-state index contributed by atoms with van der Waals surface area (Å²) >= 11 is 0. The standard InChI is InChI=1S/C29H25N/c1-17-13-14-20-23(15-17)29(3,4)24-16-22(19-10-6-5-9-18(19)2)28-27(26(20)24)21-11-7-8-12-25(21)30-28/h5-16,30H,1-4H3. The molecular formula is C29H25N. The first-order valence-electron chi connectivity index (χ1n) is 10.7. The first-order valence-corrected chi connectivity index (χ1v) is 10.7. The van der Waals surface area contributed by atoms with Gasteiger partial charge < -0.3 is 4.98 Å². The van der Waals surface area contributed by atoms with Gasteiger partial charge >= 0.3 is 0 Å². The molecule has 0 unspecified atom stereocenters. The highest BCUT2D eigenvalue weighted by Crippen LogP contribution is 2.54. The van der Waals surface area contributed by atoms with Crippen LogP contribution in [0.5, 0.6) is 0 Å². The van der Waals surface area contributed by atoms with Crippen LogP contribution in [0.15, 0.2) is 72.8 Å².